The van der Waals surface area contributed by atoms with Crippen LogP contribution in [0.3, 0.4) is 0 Å². The first-order valence-electron chi connectivity index (χ1n) is 6.14. The summed E-state index contributed by atoms with van der Waals surface area (Å²) < 4.78 is 0. The molecule has 4 nitrogen and oxygen atoms in total. The number of amides is 1. The largest absolute Gasteiger partial charge is 0.351 e. The van der Waals surface area contributed by atoms with E-state index < -0.39 is 0 Å². The van der Waals surface area contributed by atoms with Crippen molar-refractivity contribution in [2.24, 2.45) is 11.8 Å². The topological polar surface area (TPSA) is 58.2 Å². The van der Waals surface area contributed by atoms with Gasteiger partial charge in [-0.25, -0.2) is 0 Å². The molecule has 0 aliphatic heterocycles. The fourth-order valence-electron chi connectivity index (χ4n) is 1.07. The molecule has 0 aromatic heterocycles. The molecule has 0 fully saturated rings. The van der Waals surface area contributed by atoms with Gasteiger partial charge >= 0.3 is 0 Å². The molecule has 0 bridgehead atoms. The van der Waals surface area contributed by atoms with Gasteiger partial charge in [-0.3, -0.25) is 9.59 Å². The number of nitrogens with one attached hydrogen (secondary N) is 2. The molecule has 0 aromatic rings. The SMILES string of the molecule is CC(C)CNCCNC(=O)/C=C\C(=O)C(C)C.[HH].[HH]. The van der Waals surface area contributed by atoms with E-state index in [1.807, 2.05) is 0 Å². The normalized spacial score (nSPS) is 11.4. The lowest BCUT2D eigenvalue weighted by Gasteiger charge is -2.07. The molecule has 0 heterocycles. The van der Waals surface area contributed by atoms with E-state index in [-0.39, 0.29) is 20.5 Å². The Kier molecular flexibility index (Phi) is 8.32. The summed E-state index contributed by atoms with van der Waals surface area (Å²) in [5, 5.41) is 5.93. The Morgan fingerprint density at radius 1 is 1.12 bits per heavy atom. The standard InChI is InChI=1S/C13H24N2O2.2H2/c1-10(2)9-14-7-8-15-13(17)6-5-12(16)11(3)4;;/h5-6,10-11,14H,7-9H2,1-4H3,(H,15,17);2*1H/b6-5-;;. The molecule has 0 radical (unpaired) electrons. The van der Waals surface area contributed by atoms with Gasteiger partial charge < -0.3 is 10.6 Å². The number of carbonyl (C=O) groups excluding carboxylic acids is 2. The first-order chi connectivity index (χ1) is 7.93. The number of hydrogen-bond donors (Lipinski definition) is 2. The second-order valence-electron chi connectivity index (χ2n) is 4.78. The lowest BCUT2D eigenvalue weighted by atomic mass is 10.1. The second-order valence-corrected chi connectivity index (χ2v) is 4.78. The van der Waals surface area contributed by atoms with Crippen LogP contribution in [0.25, 0.3) is 0 Å². The zero-order chi connectivity index (χ0) is 13.3. The molecule has 0 unspecified atom stereocenters. The van der Waals surface area contributed by atoms with Gasteiger partial charge in [0.1, 0.15) is 0 Å². The van der Waals surface area contributed by atoms with Crippen LogP contribution in [0.5, 0.6) is 0 Å². The Bertz CT molecular complexity index is 280. The van der Waals surface area contributed by atoms with Gasteiger partial charge in [0, 0.05) is 27.9 Å². The summed E-state index contributed by atoms with van der Waals surface area (Å²) in [6.45, 7) is 10.1. The van der Waals surface area contributed by atoms with Crippen LogP contribution in [-0.4, -0.2) is 31.3 Å². The van der Waals surface area contributed by atoms with Crippen LogP contribution in [0.15, 0.2) is 12.2 Å². The molecular weight excluding hydrogens is 216 g/mol. The van der Waals surface area contributed by atoms with E-state index >= 15 is 0 Å². The Morgan fingerprint density at radius 2 is 1.76 bits per heavy atom. The molecule has 1 amide bonds. The van der Waals surface area contributed by atoms with E-state index in [4.69, 9.17) is 0 Å². The molecule has 2 N–H and O–H groups in total. The third-order valence-corrected chi connectivity index (χ3v) is 2.12. The van der Waals surface area contributed by atoms with E-state index in [1.54, 1.807) is 13.8 Å². The highest BCUT2D eigenvalue weighted by Gasteiger charge is 2.03. The molecule has 102 valence electrons. The molecule has 0 aliphatic rings. The van der Waals surface area contributed by atoms with Crippen molar-refractivity contribution in [2.45, 2.75) is 27.7 Å². The molecule has 0 rings (SSSR count). The Labute approximate surface area is 107 Å². The average molecular weight is 244 g/mol. The zero-order valence-corrected chi connectivity index (χ0v) is 11.2. The van der Waals surface area contributed by atoms with Gasteiger partial charge in [0.15, 0.2) is 5.78 Å². The van der Waals surface area contributed by atoms with Crippen molar-refractivity contribution >= 4 is 11.7 Å². The minimum atomic E-state index is -0.217. The van der Waals surface area contributed by atoms with Gasteiger partial charge in [-0.15, -0.1) is 0 Å². The first kappa shape index (κ1) is 15.8. The Morgan fingerprint density at radius 3 is 2.29 bits per heavy atom. The van der Waals surface area contributed by atoms with Crippen molar-refractivity contribution in [2.75, 3.05) is 19.6 Å². The smallest absolute Gasteiger partial charge is 0.244 e. The summed E-state index contributed by atoms with van der Waals surface area (Å²) in [4.78, 5) is 22.5. The van der Waals surface area contributed by atoms with Gasteiger partial charge in [0.2, 0.25) is 5.91 Å². The summed E-state index contributed by atoms with van der Waals surface area (Å²) in [6, 6.07) is 0. The lowest BCUT2D eigenvalue weighted by Crippen LogP contribution is -2.32. The molecule has 0 aromatic carbocycles. The maximum absolute atomic E-state index is 11.3. The molecule has 0 atom stereocenters. The van der Waals surface area contributed by atoms with Crippen molar-refractivity contribution in [3.8, 4) is 0 Å². The summed E-state index contributed by atoms with van der Waals surface area (Å²) in [5.41, 5.74) is 0. The van der Waals surface area contributed by atoms with Crippen LogP contribution in [0.2, 0.25) is 0 Å². The monoisotopic (exact) mass is 244 g/mol. The number of hydrogen-bond acceptors (Lipinski definition) is 3. The summed E-state index contributed by atoms with van der Waals surface area (Å²) in [5.74, 6) is 0.296. The highest BCUT2D eigenvalue weighted by molar-refractivity contribution is 5.98. The van der Waals surface area contributed by atoms with Gasteiger partial charge in [-0.05, 0) is 18.5 Å². The van der Waals surface area contributed by atoms with E-state index in [0.29, 0.717) is 12.5 Å². The third-order valence-electron chi connectivity index (χ3n) is 2.12. The summed E-state index contributed by atoms with van der Waals surface area (Å²) in [6.07, 6.45) is 2.63. The van der Waals surface area contributed by atoms with Gasteiger partial charge in [-0.2, -0.15) is 0 Å². The quantitative estimate of drug-likeness (QED) is 0.504. The van der Waals surface area contributed by atoms with Gasteiger partial charge in [0.25, 0.3) is 0 Å². The number of allylic oxidation sites excluding steroid dienone is 1. The van der Waals surface area contributed by atoms with Crippen LogP contribution >= 0.6 is 0 Å². The molecule has 0 saturated carbocycles. The van der Waals surface area contributed by atoms with E-state index in [2.05, 4.69) is 24.5 Å². The van der Waals surface area contributed by atoms with Crippen LogP contribution in [0.4, 0.5) is 0 Å². The van der Waals surface area contributed by atoms with Crippen molar-refractivity contribution in [3.63, 3.8) is 0 Å². The fraction of sp³-hybridized carbons (Fsp3) is 0.692. The van der Waals surface area contributed by atoms with Crippen molar-refractivity contribution in [3.05, 3.63) is 12.2 Å². The maximum Gasteiger partial charge on any atom is 0.244 e. The second kappa shape index (κ2) is 8.93. The first-order valence-corrected chi connectivity index (χ1v) is 6.14. The van der Waals surface area contributed by atoms with Crippen LogP contribution in [-0.2, 0) is 9.59 Å². The minimum absolute atomic E-state index is 0. The predicted octanol–water partition coefficient (Wildman–Crippen LogP) is 1.62. The molecule has 17 heavy (non-hydrogen) atoms. The Balaban J connectivity index is -0.00000128. The van der Waals surface area contributed by atoms with Crippen molar-refractivity contribution in [1.29, 1.82) is 0 Å². The molecule has 0 saturated heterocycles. The van der Waals surface area contributed by atoms with Gasteiger partial charge in [0.05, 0.1) is 0 Å². The lowest BCUT2D eigenvalue weighted by molar-refractivity contribution is -0.119. The average Bonchev–Trinajstić information content (AvgIpc) is 2.24. The molecule has 0 spiro atoms. The van der Waals surface area contributed by atoms with E-state index in [0.717, 1.165) is 13.1 Å². The number of rotatable bonds is 8. The van der Waals surface area contributed by atoms with E-state index in [9.17, 15) is 9.59 Å². The van der Waals surface area contributed by atoms with Crippen molar-refractivity contribution in [1.82, 2.24) is 10.6 Å². The third kappa shape index (κ3) is 9.75. The zero-order valence-electron chi connectivity index (χ0n) is 11.2. The summed E-state index contributed by atoms with van der Waals surface area (Å²) >= 11 is 0. The molecule has 0 aliphatic carbocycles. The van der Waals surface area contributed by atoms with Crippen molar-refractivity contribution < 1.29 is 12.4 Å². The number of ketones is 1. The predicted molar refractivity (Wildman–Crippen MR) is 73.9 cm³/mol. The maximum atomic E-state index is 11.3. The van der Waals surface area contributed by atoms with Crippen LogP contribution in [0.1, 0.15) is 30.5 Å². The van der Waals surface area contributed by atoms with E-state index in [1.165, 1.54) is 12.2 Å². The molecular formula is C13H28N2O2. The Hall–Kier alpha value is -1.16. The molecule has 4 heteroatoms. The summed E-state index contributed by atoms with van der Waals surface area (Å²) in [7, 11) is 0. The number of carbonyl (C=O) groups is 2. The highest BCUT2D eigenvalue weighted by Crippen LogP contribution is 1.94. The fourth-order valence-corrected chi connectivity index (χ4v) is 1.07. The van der Waals surface area contributed by atoms with Crippen LogP contribution in [0, 0.1) is 11.8 Å². The highest BCUT2D eigenvalue weighted by atomic mass is 16.1. The van der Waals surface area contributed by atoms with Crippen LogP contribution < -0.4 is 10.6 Å². The van der Waals surface area contributed by atoms with Gasteiger partial charge in [-0.1, -0.05) is 27.7 Å². The minimum Gasteiger partial charge on any atom is -0.351 e.